The second-order valence-corrected chi connectivity index (χ2v) is 12.6. The highest BCUT2D eigenvalue weighted by molar-refractivity contribution is 6.03. The van der Waals surface area contributed by atoms with Gasteiger partial charge < -0.3 is 20.1 Å². The summed E-state index contributed by atoms with van der Waals surface area (Å²) in [4.78, 5) is 14.4. The maximum Gasteiger partial charge on any atom is 0.319 e. The average molecular weight is 582 g/mol. The van der Waals surface area contributed by atoms with Crippen LogP contribution in [0.4, 0.5) is 14.6 Å². The zero-order valence-electron chi connectivity index (χ0n) is 23.8. The van der Waals surface area contributed by atoms with Gasteiger partial charge in [-0.15, -0.1) is 6.42 Å². The molecule has 2 N–H and O–H groups in total. The molecular weight excluding hydrogens is 548 g/mol. The van der Waals surface area contributed by atoms with Crippen LogP contribution in [0.25, 0.3) is 32.8 Å². The van der Waals surface area contributed by atoms with E-state index in [2.05, 4.69) is 21.0 Å². The number of benzene rings is 3. The molecule has 4 aromatic rings. The van der Waals surface area contributed by atoms with Crippen LogP contribution in [0, 0.1) is 18.2 Å². The second-order valence-electron chi connectivity index (χ2n) is 12.6. The van der Waals surface area contributed by atoms with Crippen molar-refractivity contribution in [1.82, 2.24) is 20.2 Å². The third-order valence-electron chi connectivity index (χ3n) is 9.91. The molecule has 4 saturated heterocycles. The summed E-state index contributed by atoms with van der Waals surface area (Å²) in [6.45, 7) is 3.36. The Balaban J connectivity index is 1.24. The van der Waals surface area contributed by atoms with E-state index in [4.69, 9.17) is 21.1 Å². The fraction of sp³-hybridized carbons (Fsp3) is 0.412. The van der Waals surface area contributed by atoms with E-state index in [0.717, 1.165) is 62.1 Å². The number of alkyl halides is 1. The Hall–Kier alpha value is -4.00. The van der Waals surface area contributed by atoms with E-state index in [1.807, 2.05) is 18.2 Å². The van der Waals surface area contributed by atoms with Crippen molar-refractivity contribution in [2.24, 2.45) is 0 Å². The molecule has 9 heteroatoms. The predicted octanol–water partition coefficient (Wildman–Crippen LogP) is 5.17. The summed E-state index contributed by atoms with van der Waals surface area (Å²) in [6.07, 6.45) is 9.58. The fourth-order valence-corrected chi connectivity index (χ4v) is 7.98. The van der Waals surface area contributed by atoms with Crippen molar-refractivity contribution < 1.29 is 18.6 Å². The Morgan fingerprint density at radius 2 is 1.93 bits per heavy atom. The topological polar surface area (TPSA) is 73.8 Å². The summed E-state index contributed by atoms with van der Waals surface area (Å²) < 4.78 is 35.6. The summed E-state index contributed by atoms with van der Waals surface area (Å²) in [6, 6.07) is 13.1. The van der Waals surface area contributed by atoms with Gasteiger partial charge >= 0.3 is 6.01 Å². The zero-order valence-corrected chi connectivity index (χ0v) is 23.8. The molecule has 0 unspecified atom stereocenters. The Kier molecular flexibility index (Phi) is 6.21. The van der Waals surface area contributed by atoms with Gasteiger partial charge in [0.25, 0.3) is 0 Å². The number of nitrogens with one attached hydrogen (secondary N) is 1. The first kappa shape index (κ1) is 26.6. The van der Waals surface area contributed by atoms with Gasteiger partial charge in [-0.3, -0.25) is 4.90 Å². The minimum absolute atomic E-state index is 0.0592. The summed E-state index contributed by atoms with van der Waals surface area (Å²) >= 11 is 0. The van der Waals surface area contributed by atoms with Crippen molar-refractivity contribution in [3.8, 4) is 35.2 Å². The lowest BCUT2D eigenvalue weighted by Gasteiger charge is -2.34. The van der Waals surface area contributed by atoms with Gasteiger partial charge in [-0.2, -0.15) is 9.97 Å². The number of terminal acetylenes is 1. The van der Waals surface area contributed by atoms with E-state index < -0.39 is 12.0 Å². The largest absolute Gasteiger partial charge is 0.508 e. The fourth-order valence-electron chi connectivity index (χ4n) is 7.98. The highest BCUT2D eigenvalue weighted by Gasteiger charge is 2.49. The molecule has 0 amide bonds. The number of halogens is 2. The molecule has 4 fully saturated rings. The molecule has 4 atom stereocenters. The van der Waals surface area contributed by atoms with Crippen LogP contribution in [0.3, 0.4) is 0 Å². The van der Waals surface area contributed by atoms with Gasteiger partial charge in [0.15, 0.2) is 0 Å². The van der Waals surface area contributed by atoms with E-state index in [1.54, 1.807) is 18.2 Å². The molecule has 0 aliphatic carbocycles. The summed E-state index contributed by atoms with van der Waals surface area (Å²) in [5.74, 6) is 2.89. The number of rotatable bonds is 5. The lowest BCUT2D eigenvalue weighted by Crippen LogP contribution is -2.51. The first-order chi connectivity index (χ1) is 20.9. The van der Waals surface area contributed by atoms with Crippen LogP contribution < -0.4 is 15.0 Å². The van der Waals surface area contributed by atoms with Crippen molar-refractivity contribution in [3.05, 3.63) is 53.8 Å². The summed E-state index contributed by atoms with van der Waals surface area (Å²) in [7, 11) is 0. The van der Waals surface area contributed by atoms with Gasteiger partial charge in [-0.05, 0) is 79.1 Å². The summed E-state index contributed by atoms with van der Waals surface area (Å²) in [5, 5.41) is 16.3. The number of phenolic OH excluding ortho intramolecular Hbond substituents is 1. The third kappa shape index (κ3) is 4.47. The molecule has 3 aromatic carbocycles. The first-order valence-electron chi connectivity index (χ1n) is 15.2. The lowest BCUT2D eigenvalue weighted by molar-refractivity contribution is 0.107. The van der Waals surface area contributed by atoms with E-state index in [1.165, 1.54) is 6.07 Å². The van der Waals surface area contributed by atoms with Crippen molar-refractivity contribution in [3.63, 3.8) is 0 Å². The van der Waals surface area contributed by atoms with Crippen LogP contribution in [0.1, 0.15) is 37.7 Å². The molecule has 4 aliphatic heterocycles. The minimum Gasteiger partial charge on any atom is -0.508 e. The van der Waals surface area contributed by atoms with E-state index in [-0.39, 0.29) is 22.9 Å². The number of aromatic nitrogens is 2. The number of nitrogens with zero attached hydrogens (tertiary/aromatic N) is 4. The van der Waals surface area contributed by atoms with Gasteiger partial charge in [0, 0.05) is 48.9 Å². The van der Waals surface area contributed by atoms with Gasteiger partial charge in [0.2, 0.25) is 0 Å². The number of hydrogen-bond acceptors (Lipinski definition) is 7. The maximum atomic E-state index is 14.8. The van der Waals surface area contributed by atoms with Crippen molar-refractivity contribution in [2.45, 2.75) is 55.9 Å². The third-order valence-corrected chi connectivity index (χ3v) is 9.91. The van der Waals surface area contributed by atoms with E-state index in [9.17, 15) is 13.9 Å². The minimum atomic E-state index is -0.842. The molecule has 4 aliphatic rings. The lowest BCUT2D eigenvalue weighted by atomic mass is 9.93. The maximum absolute atomic E-state index is 14.8. The smallest absolute Gasteiger partial charge is 0.319 e. The second kappa shape index (κ2) is 10.0. The van der Waals surface area contributed by atoms with Crippen LogP contribution in [-0.4, -0.2) is 76.6 Å². The molecular formula is C34H33F2N5O2. The molecule has 2 bridgehead atoms. The Morgan fingerprint density at radius 1 is 1.09 bits per heavy atom. The highest BCUT2D eigenvalue weighted by Crippen LogP contribution is 2.41. The molecule has 7 nitrogen and oxygen atoms in total. The molecule has 0 spiro atoms. The van der Waals surface area contributed by atoms with Gasteiger partial charge in [0.05, 0.1) is 16.6 Å². The number of fused-ring (bicyclic) bond motifs is 5. The number of ether oxygens (including phenoxy) is 1. The van der Waals surface area contributed by atoms with Gasteiger partial charge in [-0.25, -0.2) is 8.78 Å². The zero-order chi connectivity index (χ0) is 29.3. The van der Waals surface area contributed by atoms with Gasteiger partial charge in [-0.1, -0.05) is 18.1 Å². The molecule has 8 rings (SSSR count). The standard InChI is InChI=1S/C34H33F2N5O2/c1-2-26-29(36)9-5-21-12-25(42)14-28(31(21)26)20-4-8-27-30(13-20)38-33(39-32(27)40-17-23-6-7-24(18-40)37-23)43-19-34-10-3-11-41(34)16-22(35)15-34/h1,4-5,8-9,12-14,22-24,37,42H,3,6-7,10-11,15-19H2/t22-,23-,24+,34+/m1/s1. The highest BCUT2D eigenvalue weighted by atomic mass is 19.1. The Labute approximate surface area is 248 Å². The number of hydrogen-bond donors (Lipinski definition) is 2. The summed E-state index contributed by atoms with van der Waals surface area (Å²) in [5.41, 5.74) is 1.87. The number of phenols is 1. The van der Waals surface area contributed by atoms with Crippen LogP contribution in [-0.2, 0) is 0 Å². The number of aromatic hydroxyl groups is 1. The van der Waals surface area contributed by atoms with Crippen molar-refractivity contribution in [2.75, 3.05) is 37.7 Å². The van der Waals surface area contributed by atoms with Crippen LogP contribution in [0.15, 0.2) is 42.5 Å². The molecule has 220 valence electrons. The SMILES string of the molecule is C#Cc1c(F)ccc2cc(O)cc(-c3ccc4c(N5C[C@H]6CC[C@@H](C5)N6)nc(OC[C@@]56CCCN5C[C@H](F)C6)nc4c3)c12. The first-order valence-corrected chi connectivity index (χ1v) is 15.2. The Bertz CT molecular complexity index is 1800. The normalized spacial score (nSPS) is 26.7. The van der Waals surface area contributed by atoms with Crippen LogP contribution >= 0.6 is 0 Å². The van der Waals surface area contributed by atoms with Crippen LogP contribution in [0.2, 0.25) is 0 Å². The van der Waals surface area contributed by atoms with E-state index in [0.29, 0.717) is 53.5 Å². The van der Waals surface area contributed by atoms with Gasteiger partial charge in [0.1, 0.15) is 30.2 Å². The molecule has 5 heterocycles. The van der Waals surface area contributed by atoms with Crippen LogP contribution in [0.5, 0.6) is 11.8 Å². The molecule has 43 heavy (non-hydrogen) atoms. The number of piperazine rings is 1. The molecule has 1 aromatic heterocycles. The molecule has 0 saturated carbocycles. The van der Waals surface area contributed by atoms with E-state index >= 15 is 0 Å². The van der Waals surface area contributed by atoms with Crippen molar-refractivity contribution >= 4 is 27.5 Å². The Morgan fingerprint density at radius 3 is 2.74 bits per heavy atom. The monoisotopic (exact) mass is 581 g/mol. The van der Waals surface area contributed by atoms with Crippen molar-refractivity contribution in [1.29, 1.82) is 0 Å². The quantitative estimate of drug-likeness (QED) is 0.315. The predicted molar refractivity (Wildman–Crippen MR) is 163 cm³/mol. The number of anilines is 1. The molecule has 0 radical (unpaired) electrons. The average Bonchev–Trinajstić information content (AvgIpc) is 3.65.